The van der Waals surface area contributed by atoms with Crippen molar-refractivity contribution in [3.8, 4) is 0 Å². The molecule has 1 aromatic carbocycles. The van der Waals surface area contributed by atoms with Crippen LogP contribution in [0.25, 0.3) is 0 Å². The molecule has 0 radical (unpaired) electrons. The van der Waals surface area contributed by atoms with Crippen LogP contribution in [0.1, 0.15) is 37.8 Å². The van der Waals surface area contributed by atoms with Crippen molar-refractivity contribution in [2.24, 2.45) is 5.92 Å². The van der Waals surface area contributed by atoms with E-state index in [4.69, 9.17) is 0 Å². The predicted octanol–water partition coefficient (Wildman–Crippen LogP) is 3.47. The Morgan fingerprint density at radius 1 is 1.52 bits per heavy atom. The van der Waals surface area contributed by atoms with Crippen LogP contribution in [0.3, 0.4) is 0 Å². The van der Waals surface area contributed by atoms with Crippen molar-refractivity contribution in [2.75, 3.05) is 7.05 Å². The van der Waals surface area contributed by atoms with Crippen LogP contribution in [0.4, 0.5) is 5.69 Å². The first-order valence-electron chi connectivity index (χ1n) is 7.15. The molecule has 0 aliphatic heterocycles. The molecule has 1 aliphatic rings. The van der Waals surface area contributed by atoms with E-state index in [9.17, 15) is 14.9 Å². The summed E-state index contributed by atoms with van der Waals surface area (Å²) in [7, 11) is 1.75. The van der Waals surface area contributed by atoms with Crippen LogP contribution < -0.4 is 0 Å². The van der Waals surface area contributed by atoms with Crippen LogP contribution in [0.2, 0.25) is 0 Å². The topological polar surface area (TPSA) is 63.5 Å². The molecule has 21 heavy (non-hydrogen) atoms. The summed E-state index contributed by atoms with van der Waals surface area (Å²) in [5.41, 5.74) is 0.834. The normalized spacial score (nSPS) is 18.5. The van der Waals surface area contributed by atoms with Gasteiger partial charge in [0.05, 0.1) is 11.0 Å². The lowest BCUT2D eigenvalue weighted by Gasteiger charge is -2.26. The van der Waals surface area contributed by atoms with E-state index in [0.717, 1.165) is 18.4 Å². The standard InChI is InChI=1S/C16H20N2O3/c1-12(14-8-5-9-15(11-14)18(20)21)17(2)16(19)10-13-6-3-4-7-13/h3,5-6,8-9,11-13H,4,7,10H2,1-2H3/t12-,13+/m0/s1. The number of rotatable bonds is 5. The maximum atomic E-state index is 12.3. The Labute approximate surface area is 124 Å². The van der Waals surface area contributed by atoms with Gasteiger partial charge in [-0.3, -0.25) is 14.9 Å². The molecule has 1 amide bonds. The molecule has 0 aromatic heterocycles. The van der Waals surface area contributed by atoms with Crippen LogP contribution in [0, 0.1) is 16.0 Å². The van der Waals surface area contributed by atoms with E-state index in [1.807, 2.05) is 13.0 Å². The van der Waals surface area contributed by atoms with Gasteiger partial charge in [0.15, 0.2) is 0 Å². The van der Waals surface area contributed by atoms with Crippen molar-refractivity contribution in [2.45, 2.75) is 32.2 Å². The number of benzene rings is 1. The molecule has 0 unspecified atom stereocenters. The Morgan fingerprint density at radius 3 is 2.90 bits per heavy atom. The quantitative estimate of drug-likeness (QED) is 0.473. The third kappa shape index (κ3) is 3.68. The first-order chi connectivity index (χ1) is 9.99. The lowest BCUT2D eigenvalue weighted by atomic mass is 10.0. The zero-order valence-electron chi connectivity index (χ0n) is 12.4. The first-order valence-corrected chi connectivity index (χ1v) is 7.15. The Kier molecular flexibility index (Phi) is 4.73. The smallest absolute Gasteiger partial charge is 0.269 e. The molecular formula is C16H20N2O3. The largest absolute Gasteiger partial charge is 0.339 e. The monoisotopic (exact) mass is 288 g/mol. The Morgan fingerprint density at radius 2 is 2.29 bits per heavy atom. The molecule has 0 bridgehead atoms. The highest BCUT2D eigenvalue weighted by molar-refractivity contribution is 5.77. The number of hydrogen-bond donors (Lipinski definition) is 0. The van der Waals surface area contributed by atoms with Crippen molar-refractivity contribution >= 4 is 11.6 Å². The Bertz CT molecular complexity index is 568. The summed E-state index contributed by atoms with van der Waals surface area (Å²) in [4.78, 5) is 24.4. The average Bonchev–Trinajstić information content (AvgIpc) is 2.98. The zero-order valence-corrected chi connectivity index (χ0v) is 12.4. The highest BCUT2D eigenvalue weighted by atomic mass is 16.6. The SMILES string of the molecule is C[C@@H](c1cccc([N+](=O)[O-])c1)N(C)C(=O)C[C@@H]1C=CCC1. The molecule has 0 saturated carbocycles. The minimum Gasteiger partial charge on any atom is -0.339 e. The number of nitro groups is 1. The van der Waals surface area contributed by atoms with Gasteiger partial charge in [-0.15, -0.1) is 0 Å². The minimum absolute atomic E-state index is 0.0546. The third-order valence-corrected chi connectivity index (χ3v) is 4.09. The van der Waals surface area contributed by atoms with Gasteiger partial charge in [0.25, 0.3) is 5.69 Å². The van der Waals surface area contributed by atoms with Crippen molar-refractivity contribution in [1.29, 1.82) is 0 Å². The van der Waals surface area contributed by atoms with Crippen LogP contribution in [0.5, 0.6) is 0 Å². The number of carbonyl (C=O) groups is 1. The fourth-order valence-corrected chi connectivity index (χ4v) is 2.57. The molecule has 5 nitrogen and oxygen atoms in total. The second kappa shape index (κ2) is 6.52. The molecule has 0 heterocycles. The van der Waals surface area contributed by atoms with Gasteiger partial charge in [-0.05, 0) is 31.2 Å². The van der Waals surface area contributed by atoms with E-state index in [1.54, 1.807) is 18.0 Å². The van der Waals surface area contributed by atoms with Gasteiger partial charge in [-0.25, -0.2) is 0 Å². The Balaban J connectivity index is 2.05. The number of nitrogens with zero attached hydrogens (tertiary/aromatic N) is 2. The molecule has 112 valence electrons. The van der Waals surface area contributed by atoms with Crippen LogP contribution in [0.15, 0.2) is 36.4 Å². The van der Waals surface area contributed by atoms with Crippen LogP contribution in [-0.2, 0) is 4.79 Å². The summed E-state index contributed by atoms with van der Waals surface area (Å²) in [5.74, 6) is 0.405. The minimum atomic E-state index is -0.415. The van der Waals surface area contributed by atoms with E-state index in [2.05, 4.69) is 12.2 Å². The van der Waals surface area contributed by atoms with Crippen molar-refractivity contribution in [1.82, 2.24) is 4.90 Å². The molecular weight excluding hydrogens is 268 g/mol. The van der Waals surface area contributed by atoms with E-state index in [0.29, 0.717) is 12.3 Å². The summed E-state index contributed by atoms with van der Waals surface area (Å²) in [6, 6.07) is 6.28. The maximum absolute atomic E-state index is 12.3. The average molecular weight is 288 g/mol. The lowest BCUT2D eigenvalue weighted by Crippen LogP contribution is -2.30. The van der Waals surface area contributed by atoms with E-state index in [-0.39, 0.29) is 17.6 Å². The highest BCUT2D eigenvalue weighted by Gasteiger charge is 2.22. The van der Waals surface area contributed by atoms with Gasteiger partial charge in [0.2, 0.25) is 5.91 Å². The summed E-state index contributed by atoms with van der Waals surface area (Å²) in [6.07, 6.45) is 6.80. The Hall–Kier alpha value is -2.17. The summed E-state index contributed by atoms with van der Waals surface area (Å²) < 4.78 is 0. The van der Waals surface area contributed by atoms with Gasteiger partial charge < -0.3 is 4.90 Å². The molecule has 2 atom stereocenters. The molecule has 2 rings (SSSR count). The lowest BCUT2D eigenvalue weighted by molar-refractivity contribution is -0.384. The molecule has 5 heteroatoms. The molecule has 0 spiro atoms. The van der Waals surface area contributed by atoms with Crippen LogP contribution >= 0.6 is 0 Å². The molecule has 1 aromatic rings. The van der Waals surface area contributed by atoms with Gasteiger partial charge in [0, 0.05) is 25.6 Å². The van der Waals surface area contributed by atoms with E-state index in [1.165, 1.54) is 12.1 Å². The van der Waals surface area contributed by atoms with Crippen molar-refractivity contribution < 1.29 is 9.72 Å². The summed E-state index contributed by atoms with van der Waals surface area (Å²) in [6.45, 7) is 1.89. The number of non-ortho nitro benzene ring substituents is 1. The number of amides is 1. The predicted molar refractivity (Wildman–Crippen MR) is 80.8 cm³/mol. The maximum Gasteiger partial charge on any atom is 0.269 e. The first kappa shape index (κ1) is 15.2. The highest BCUT2D eigenvalue weighted by Crippen LogP contribution is 2.26. The third-order valence-electron chi connectivity index (χ3n) is 4.09. The molecule has 0 saturated heterocycles. The second-order valence-corrected chi connectivity index (χ2v) is 5.50. The second-order valence-electron chi connectivity index (χ2n) is 5.50. The number of hydrogen-bond acceptors (Lipinski definition) is 3. The molecule has 1 aliphatic carbocycles. The van der Waals surface area contributed by atoms with E-state index >= 15 is 0 Å². The van der Waals surface area contributed by atoms with Gasteiger partial charge in [-0.1, -0.05) is 24.3 Å². The number of carbonyl (C=O) groups excluding carboxylic acids is 1. The van der Waals surface area contributed by atoms with Crippen LogP contribution in [-0.4, -0.2) is 22.8 Å². The number of nitro benzene ring substituents is 1. The summed E-state index contributed by atoms with van der Waals surface area (Å²) in [5, 5.41) is 10.8. The van der Waals surface area contributed by atoms with Crippen molar-refractivity contribution in [3.05, 3.63) is 52.1 Å². The van der Waals surface area contributed by atoms with Gasteiger partial charge >= 0.3 is 0 Å². The fourth-order valence-electron chi connectivity index (χ4n) is 2.57. The van der Waals surface area contributed by atoms with E-state index < -0.39 is 4.92 Å². The van der Waals surface area contributed by atoms with Crippen molar-refractivity contribution in [3.63, 3.8) is 0 Å². The number of allylic oxidation sites excluding steroid dienone is 2. The fraction of sp³-hybridized carbons (Fsp3) is 0.438. The summed E-state index contributed by atoms with van der Waals surface area (Å²) >= 11 is 0. The van der Waals surface area contributed by atoms with Gasteiger partial charge in [0.1, 0.15) is 0 Å². The zero-order chi connectivity index (χ0) is 15.4. The van der Waals surface area contributed by atoms with Gasteiger partial charge in [-0.2, -0.15) is 0 Å². The molecule has 0 fully saturated rings. The molecule has 0 N–H and O–H groups in total.